The van der Waals surface area contributed by atoms with Crippen LogP contribution < -0.4 is 10.1 Å². The summed E-state index contributed by atoms with van der Waals surface area (Å²) in [7, 11) is 0. The predicted octanol–water partition coefficient (Wildman–Crippen LogP) is 4.73. The molecule has 0 saturated heterocycles. The summed E-state index contributed by atoms with van der Waals surface area (Å²) < 4.78 is 5.89. The lowest BCUT2D eigenvalue weighted by molar-refractivity contribution is 0.101. The molecular weight excluding hydrogens is 366 g/mol. The van der Waals surface area contributed by atoms with E-state index >= 15 is 0 Å². The molecule has 0 amide bonds. The van der Waals surface area contributed by atoms with E-state index in [2.05, 4.69) is 11.4 Å². The number of rotatable bonds is 5. The number of phenolic OH excluding ortho intramolecular Hbond substituents is 1. The molecule has 0 fully saturated rings. The predicted molar refractivity (Wildman–Crippen MR) is 105 cm³/mol. The van der Waals surface area contributed by atoms with Gasteiger partial charge in [-0.2, -0.15) is 0 Å². The van der Waals surface area contributed by atoms with Gasteiger partial charge in [0.15, 0.2) is 5.76 Å². The highest BCUT2D eigenvalue weighted by Gasteiger charge is 2.33. The molecule has 3 aromatic rings. The highest BCUT2D eigenvalue weighted by Crippen LogP contribution is 2.41. The van der Waals surface area contributed by atoms with Gasteiger partial charge in [0.2, 0.25) is 5.78 Å². The summed E-state index contributed by atoms with van der Waals surface area (Å²) in [5.74, 6) is 0.778. The van der Waals surface area contributed by atoms with E-state index in [0.29, 0.717) is 35.7 Å². The zero-order valence-corrected chi connectivity index (χ0v) is 15.7. The molecule has 1 aliphatic heterocycles. The highest BCUT2D eigenvalue weighted by molar-refractivity contribution is 7.10. The van der Waals surface area contributed by atoms with Crippen molar-refractivity contribution < 1.29 is 14.6 Å². The molecule has 1 aromatic carbocycles. The zero-order valence-electron chi connectivity index (χ0n) is 14.1. The Morgan fingerprint density at radius 2 is 2.00 bits per heavy atom. The summed E-state index contributed by atoms with van der Waals surface area (Å²) in [6, 6.07) is 9.56. The quantitative estimate of drug-likeness (QED) is 0.626. The molecule has 0 saturated carbocycles. The first-order valence-electron chi connectivity index (χ1n) is 8.20. The number of thiophene rings is 2. The molecule has 0 bridgehead atoms. The van der Waals surface area contributed by atoms with Crippen LogP contribution in [0.3, 0.4) is 0 Å². The number of aromatic hydroxyl groups is 1. The second kappa shape index (κ2) is 7.07. The molecule has 2 N–H and O–H groups in total. The summed E-state index contributed by atoms with van der Waals surface area (Å²) >= 11 is 3.22. The lowest BCUT2D eigenvalue weighted by atomic mass is 9.99. The Hall–Kier alpha value is -2.41. The van der Waals surface area contributed by atoms with Crippen molar-refractivity contribution in [3.05, 3.63) is 73.3 Å². The van der Waals surface area contributed by atoms with Crippen LogP contribution >= 0.6 is 22.7 Å². The minimum absolute atomic E-state index is 0.134. The number of ether oxygens (including phenoxy) is 1. The van der Waals surface area contributed by atoms with E-state index in [1.165, 1.54) is 4.88 Å². The van der Waals surface area contributed by atoms with Crippen molar-refractivity contribution in [2.24, 2.45) is 0 Å². The van der Waals surface area contributed by atoms with Crippen molar-refractivity contribution >= 4 is 34.5 Å². The van der Waals surface area contributed by atoms with Gasteiger partial charge in [0, 0.05) is 28.9 Å². The SMILES string of the molecule is Cc1cc(O)c(CNCc2cccs2)c2c1C(=O)/C(=C/c1cccs1)O2. The maximum absolute atomic E-state index is 12.8. The summed E-state index contributed by atoms with van der Waals surface area (Å²) in [5.41, 5.74) is 1.88. The molecular formula is C20H17NO3S2. The molecule has 4 nitrogen and oxygen atoms in total. The normalized spacial score (nSPS) is 14.7. The Kier molecular flexibility index (Phi) is 4.63. The highest BCUT2D eigenvalue weighted by atomic mass is 32.1. The molecule has 0 radical (unpaired) electrons. The van der Waals surface area contributed by atoms with Crippen molar-refractivity contribution in [3.8, 4) is 11.5 Å². The van der Waals surface area contributed by atoms with Crippen LogP contribution in [0.1, 0.15) is 31.2 Å². The van der Waals surface area contributed by atoms with Crippen molar-refractivity contribution in [2.45, 2.75) is 20.0 Å². The number of ketones is 1. The molecule has 6 heteroatoms. The molecule has 2 aromatic heterocycles. The molecule has 0 atom stereocenters. The second-order valence-corrected chi connectivity index (χ2v) is 8.04. The van der Waals surface area contributed by atoms with Crippen LogP contribution in [0.25, 0.3) is 6.08 Å². The standard InChI is InChI=1S/C20H17NO3S2/c1-12-8-16(22)15(11-21-10-14-5-3-7-26-14)20-18(12)19(23)17(24-20)9-13-4-2-6-25-13/h2-9,21-22H,10-11H2,1H3/b17-9-. The van der Waals surface area contributed by atoms with Gasteiger partial charge >= 0.3 is 0 Å². The molecule has 1 aliphatic rings. The van der Waals surface area contributed by atoms with Crippen molar-refractivity contribution in [1.29, 1.82) is 0 Å². The number of benzene rings is 1. The van der Waals surface area contributed by atoms with Gasteiger partial charge in [-0.15, -0.1) is 22.7 Å². The van der Waals surface area contributed by atoms with E-state index in [9.17, 15) is 9.90 Å². The number of hydrogen-bond donors (Lipinski definition) is 2. The monoisotopic (exact) mass is 383 g/mol. The van der Waals surface area contributed by atoms with Crippen LogP contribution in [0.5, 0.6) is 11.5 Å². The fourth-order valence-corrected chi connectivity index (χ4v) is 4.30. The maximum Gasteiger partial charge on any atom is 0.232 e. The third-order valence-electron chi connectivity index (χ3n) is 4.22. The Labute approximate surface area is 159 Å². The van der Waals surface area contributed by atoms with Crippen LogP contribution in [-0.4, -0.2) is 10.9 Å². The average Bonchev–Trinajstić information content (AvgIpc) is 3.34. The number of fused-ring (bicyclic) bond motifs is 1. The summed E-state index contributed by atoms with van der Waals surface area (Å²) in [6.45, 7) is 2.94. The van der Waals surface area contributed by atoms with Crippen LogP contribution in [-0.2, 0) is 13.1 Å². The third-order valence-corrected chi connectivity index (χ3v) is 5.91. The molecule has 26 heavy (non-hydrogen) atoms. The van der Waals surface area contributed by atoms with Crippen LogP contribution in [0.15, 0.2) is 46.9 Å². The number of phenols is 1. The van der Waals surface area contributed by atoms with Crippen LogP contribution in [0.2, 0.25) is 0 Å². The first-order valence-corrected chi connectivity index (χ1v) is 9.95. The van der Waals surface area contributed by atoms with Crippen molar-refractivity contribution in [2.75, 3.05) is 0 Å². The van der Waals surface area contributed by atoms with Gasteiger partial charge < -0.3 is 15.2 Å². The molecule has 3 heterocycles. The maximum atomic E-state index is 12.8. The van der Waals surface area contributed by atoms with Crippen LogP contribution in [0.4, 0.5) is 0 Å². The molecule has 0 spiro atoms. The average molecular weight is 383 g/mol. The van der Waals surface area contributed by atoms with Crippen molar-refractivity contribution in [1.82, 2.24) is 5.32 Å². The summed E-state index contributed by atoms with van der Waals surface area (Å²) in [5, 5.41) is 17.7. The Morgan fingerprint density at radius 1 is 1.19 bits per heavy atom. The molecule has 0 unspecified atom stereocenters. The number of nitrogens with one attached hydrogen (secondary N) is 1. The smallest absolute Gasteiger partial charge is 0.232 e. The van der Waals surface area contributed by atoms with Crippen molar-refractivity contribution in [3.63, 3.8) is 0 Å². The van der Waals surface area contributed by atoms with Gasteiger partial charge in [-0.25, -0.2) is 0 Å². The van der Waals surface area contributed by atoms with Gasteiger partial charge in [-0.05, 0) is 41.4 Å². The van der Waals surface area contributed by atoms with E-state index in [-0.39, 0.29) is 11.5 Å². The summed E-state index contributed by atoms with van der Waals surface area (Å²) in [6.07, 6.45) is 1.76. The first-order chi connectivity index (χ1) is 12.6. The molecule has 4 rings (SSSR count). The lowest BCUT2D eigenvalue weighted by Crippen LogP contribution is -2.12. The number of hydrogen-bond acceptors (Lipinski definition) is 6. The zero-order chi connectivity index (χ0) is 18.1. The molecule has 0 aliphatic carbocycles. The third kappa shape index (κ3) is 3.19. The van der Waals surface area contributed by atoms with Gasteiger partial charge in [0.1, 0.15) is 11.5 Å². The number of allylic oxidation sites excluding steroid dienone is 1. The number of aryl methyl sites for hydroxylation is 1. The fourth-order valence-electron chi connectivity index (χ4n) is 2.98. The van der Waals surface area contributed by atoms with E-state index in [4.69, 9.17) is 4.74 Å². The van der Waals surface area contributed by atoms with E-state index < -0.39 is 0 Å². The van der Waals surface area contributed by atoms with Crippen LogP contribution in [0, 0.1) is 6.92 Å². The Bertz CT molecular complexity index is 973. The Morgan fingerprint density at radius 3 is 2.73 bits per heavy atom. The van der Waals surface area contributed by atoms with Gasteiger partial charge in [0.25, 0.3) is 0 Å². The number of Topliss-reactive ketones (excluding diaryl/α,β-unsaturated/α-hetero) is 1. The minimum atomic E-state index is -0.134. The lowest BCUT2D eigenvalue weighted by Gasteiger charge is -2.12. The summed E-state index contributed by atoms with van der Waals surface area (Å²) in [4.78, 5) is 14.9. The Balaban J connectivity index is 1.63. The van der Waals surface area contributed by atoms with Gasteiger partial charge in [0.05, 0.1) is 11.1 Å². The first kappa shape index (κ1) is 17.0. The van der Waals surface area contributed by atoms with E-state index in [1.54, 1.807) is 34.8 Å². The van der Waals surface area contributed by atoms with Gasteiger partial charge in [-0.3, -0.25) is 4.79 Å². The minimum Gasteiger partial charge on any atom is -0.507 e. The van der Waals surface area contributed by atoms with E-state index in [0.717, 1.165) is 10.4 Å². The fraction of sp³-hybridized carbons (Fsp3) is 0.150. The van der Waals surface area contributed by atoms with E-state index in [1.807, 2.05) is 35.9 Å². The second-order valence-electron chi connectivity index (χ2n) is 6.03. The number of carbonyl (C=O) groups excluding carboxylic acids is 1. The largest absolute Gasteiger partial charge is 0.507 e. The van der Waals surface area contributed by atoms with Gasteiger partial charge in [-0.1, -0.05) is 12.1 Å². The number of carbonyl (C=O) groups is 1. The molecule has 132 valence electrons. The topological polar surface area (TPSA) is 58.6 Å².